The summed E-state index contributed by atoms with van der Waals surface area (Å²) in [6.07, 6.45) is 3.22. The van der Waals surface area contributed by atoms with Crippen LogP contribution in [0.4, 0.5) is 19.6 Å². The summed E-state index contributed by atoms with van der Waals surface area (Å²) in [5.41, 5.74) is 13.4. The highest BCUT2D eigenvalue weighted by atomic mass is 35.5. The topological polar surface area (TPSA) is 122 Å². The van der Waals surface area contributed by atoms with E-state index in [4.69, 9.17) is 23.1 Å². The van der Waals surface area contributed by atoms with Gasteiger partial charge in [-0.05, 0) is 36.6 Å². The lowest BCUT2D eigenvalue weighted by Crippen LogP contribution is -2.40. The summed E-state index contributed by atoms with van der Waals surface area (Å²) in [6.45, 7) is 2.10. The summed E-state index contributed by atoms with van der Waals surface area (Å²) in [5.74, 6) is -1.48. The van der Waals surface area contributed by atoms with Crippen LogP contribution in [-0.2, 0) is 6.42 Å². The minimum Gasteiger partial charge on any atom is -0.389 e. The lowest BCUT2D eigenvalue weighted by atomic mass is 9.90. The number of nitrogens with zero attached hydrogens (tertiary/aromatic N) is 4. The Labute approximate surface area is 207 Å². The molecule has 0 saturated carbocycles. The van der Waals surface area contributed by atoms with E-state index >= 15 is 4.39 Å². The molecular weight excluding hydrogens is 494 g/mol. The highest BCUT2D eigenvalue weighted by molar-refractivity contribution is 7.23. The molecule has 0 saturated heterocycles. The van der Waals surface area contributed by atoms with Crippen LogP contribution < -0.4 is 11.5 Å². The number of carbonyl (C=O) groups excluding carboxylic acids is 1. The lowest BCUT2D eigenvalue weighted by Gasteiger charge is -2.34. The zero-order valence-electron chi connectivity index (χ0n) is 18.3. The number of hydrogen-bond acceptors (Lipinski definition) is 7. The molecule has 1 aliphatic heterocycles. The third-order valence-corrected chi connectivity index (χ3v) is 7.75. The van der Waals surface area contributed by atoms with E-state index in [1.807, 2.05) is 6.07 Å². The summed E-state index contributed by atoms with van der Waals surface area (Å²) in [6, 6.07) is 5.23. The number of anilines is 2. The first-order valence-electron chi connectivity index (χ1n) is 10.5. The molecule has 2 aromatic heterocycles. The van der Waals surface area contributed by atoms with E-state index in [-0.39, 0.29) is 48.2 Å². The number of aromatic nitrogens is 2. The Morgan fingerprint density at radius 1 is 1.26 bits per heavy atom. The number of amides is 1. The van der Waals surface area contributed by atoms with Crippen molar-refractivity contribution in [2.24, 2.45) is 0 Å². The van der Waals surface area contributed by atoms with Gasteiger partial charge < -0.3 is 16.4 Å². The van der Waals surface area contributed by atoms with Crippen molar-refractivity contribution in [3.05, 3.63) is 69.6 Å². The Bertz CT molecular complexity index is 1580. The summed E-state index contributed by atoms with van der Waals surface area (Å²) < 4.78 is 30.2. The number of thiophene rings is 1. The van der Waals surface area contributed by atoms with E-state index in [1.54, 1.807) is 18.0 Å². The molecule has 1 aliphatic rings. The van der Waals surface area contributed by atoms with Crippen LogP contribution in [0.2, 0.25) is 5.02 Å². The molecule has 0 fully saturated rings. The molecule has 4 aromatic rings. The first-order valence-corrected chi connectivity index (χ1v) is 11.7. The fourth-order valence-corrected chi connectivity index (χ4v) is 5.89. The number of halogens is 3. The van der Waals surface area contributed by atoms with Crippen LogP contribution in [0.3, 0.4) is 0 Å². The van der Waals surface area contributed by atoms with Gasteiger partial charge in [0.05, 0.1) is 21.3 Å². The summed E-state index contributed by atoms with van der Waals surface area (Å²) >= 11 is 7.60. The molecule has 1 atom stereocenters. The number of carbonyl (C=O) groups is 1. The van der Waals surface area contributed by atoms with Crippen LogP contribution in [0.5, 0.6) is 0 Å². The lowest BCUT2D eigenvalue weighted by molar-refractivity contribution is 0.0672. The second-order valence-electron chi connectivity index (χ2n) is 8.11. The van der Waals surface area contributed by atoms with Gasteiger partial charge in [0.25, 0.3) is 5.91 Å². The van der Waals surface area contributed by atoms with Gasteiger partial charge in [0, 0.05) is 34.8 Å². The molecular formula is C24H17ClF2N6OS. The molecule has 7 nitrogen and oxygen atoms in total. The van der Waals surface area contributed by atoms with E-state index in [2.05, 4.69) is 9.97 Å². The summed E-state index contributed by atoms with van der Waals surface area (Å²) in [4.78, 5) is 22.9. The van der Waals surface area contributed by atoms with Crippen LogP contribution in [0, 0.1) is 23.0 Å². The Balaban J connectivity index is 1.64. The first kappa shape index (κ1) is 23.0. The quantitative estimate of drug-likeness (QED) is 0.396. The third kappa shape index (κ3) is 3.47. The van der Waals surface area contributed by atoms with Crippen molar-refractivity contribution >= 4 is 49.7 Å². The number of benzene rings is 2. The van der Waals surface area contributed by atoms with Crippen molar-refractivity contribution in [3.8, 4) is 17.2 Å². The van der Waals surface area contributed by atoms with Crippen LogP contribution in [0.25, 0.3) is 21.2 Å². The smallest absolute Gasteiger partial charge is 0.254 e. The zero-order valence-corrected chi connectivity index (χ0v) is 19.8. The second-order valence-corrected chi connectivity index (χ2v) is 9.54. The monoisotopic (exact) mass is 510 g/mol. The first-order chi connectivity index (χ1) is 16.7. The Kier molecular flexibility index (Phi) is 5.54. The number of nitrogens with two attached hydrogens (primary N) is 2. The average Bonchev–Trinajstić information content (AvgIpc) is 3.18. The minimum atomic E-state index is -0.763. The molecule has 0 bridgehead atoms. The van der Waals surface area contributed by atoms with Crippen molar-refractivity contribution in [1.29, 1.82) is 5.26 Å². The molecule has 0 aliphatic carbocycles. The van der Waals surface area contributed by atoms with E-state index in [1.165, 1.54) is 18.5 Å². The van der Waals surface area contributed by atoms with Gasteiger partial charge >= 0.3 is 0 Å². The largest absolute Gasteiger partial charge is 0.389 e. The fourth-order valence-electron chi connectivity index (χ4n) is 4.55. The molecule has 0 unspecified atom stereocenters. The highest BCUT2D eigenvalue weighted by Gasteiger charge is 2.33. The Morgan fingerprint density at radius 3 is 2.74 bits per heavy atom. The van der Waals surface area contributed by atoms with Crippen LogP contribution in [-0.4, -0.2) is 27.3 Å². The molecule has 5 rings (SSSR count). The maximum atomic E-state index is 15.6. The number of fused-ring (bicyclic) bond motifs is 2. The van der Waals surface area contributed by atoms with E-state index < -0.39 is 23.6 Å². The highest BCUT2D eigenvalue weighted by Crippen LogP contribution is 2.45. The van der Waals surface area contributed by atoms with Gasteiger partial charge in [0.2, 0.25) is 0 Å². The number of nitriles is 1. The molecule has 1 amide bonds. The van der Waals surface area contributed by atoms with Gasteiger partial charge in [-0.1, -0.05) is 17.7 Å². The van der Waals surface area contributed by atoms with Crippen molar-refractivity contribution in [1.82, 2.24) is 14.9 Å². The Morgan fingerprint density at radius 2 is 2.03 bits per heavy atom. The second kappa shape index (κ2) is 8.45. The molecule has 3 heterocycles. The van der Waals surface area contributed by atoms with Crippen LogP contribution in [0.15, 0.2) is 30.7 Å². The van der Waals surface area contributed by atoms with Gasteiger partial charge in [-0.2, -0.15) is 5.26 Å². The third-order valence-electron chi connectivity index (χ3n) is 6.30. The van der Waals surface area contributed by atoms with Crippen molar-refractivity contribution in [2.75, 3.05) is 18.0 Å². The average molecular weight is 511 g/mol. The van der Waals surface area contributed by atoms with Crippen molar-refractivity contribution in [3.63, 3.8) is 0 Å². The summed E-state index contributed by atoms with van der Waals surface area (Å²) in [7, 11) is 0. The molecule has 0 spiro atoms. The van der Waals surface area contributed by atoms with E-state index in [0.29, 0.717) is 24.1 Å². The fraction of sp³-hybridized carbons (Fsp3) is 0.167. The number of rotatable bonds is 3. The number of hydrogen-bond donors (Lipinski definition) is 2. The van der Waals surface area contributed by atoms with E-state index in [9.17, 15) is 14.4 Å². The predicted octanol–water partition coefficient (Wildman–Crippen LogP) is 5.09. The maximum Gasteiger partial charge on any atom is 0.254 e. The van der Waals surface area contributed by atoms with Crippen LogP contribution in [0.1, 0.15) is 40.0 Å². The maximum absolute atomic E-state index is 15.6. The normalized spacial score (nSPS) is 14.1. The molecule has 176 valence electrons. The van der Waals surface area contributed by atoms with Crippen molar-refractivity contribution in [2.45, 2.75) is 19.4 Å². The van der Waals surface area contributed by atoms with Crippen molar-refractivity contribution < 1.29 is 13.6 Å². The molecule has 2 aromatic carbocycles. The molecule has 11 heteroatoms. The standard InChI is InChI=1S/C24H17ClF2N6OS/c1-10(15-8-31-9-32-22(15)29)33-5-4-11-13(24(33)34)6-17(27)19(20(11)25)12-2-3-16(26)21-18(12)14(7-28)23(30)35-21/h2-3,6,8-10H,4-5,30H2,1H3,(H2,29,31,32)/t10-/m1/s1. The van der Waals surface area contributed by atoms with Gasteiger partial charge in [-0.15, -0.1) is 11.3 Å². The predicted molar refractivity (Wildman–Crippen MR) is 131 cm³/mol. The molecule has 35 heavy (non-hydrogen) atoms. The van der Waals surface area contributed by atoms with Gasteiger partial charge in [-0.25, -0.2) is 18.7 Å². The van der Waals surface area contributed by atoms with Gasteiger partial charge in [-0.3, -0.25) is 4.79 Å². The van der Waals surface area contributed by atoms with Gasteiger partial charge in [0.15, 0.2) is 0 Å². The Hall–Kier alpha value is -3.81. The van der Waals surface area contributed by atoms with Gasteiger partial charge in [0.1, 0.15) is 34.8 Å². The SMILES string of the molecule is C[C@H](c1cncnc1N)N1CCc2c(cc(F)c(-c3ccc(F)c4sc(N)c(C#N)c34)c2Cl)C1=O. The zero-order chi connectivity index (χ0) is 25.0. The molecule has 4 N–H and O–H groups in total. The van der Waals surface area contributed by atoms with Crippen LogP contribution >= 0.6 is 22.9 Å². The molecule has 0 radical (unpaired) electrons. The minimum absolute atomic E-state index is 0.000260. The number of nitrogen functional groups attached to an aromatic ring is 2. The summed E-state index contributed by atoms with van der Waals surface area (Å²) in [5, 5.41) is 9.97. The van der Waals surface area contributed by atoms with E-state index in [0.717, 1.165) is 17.4 Å².